The first-order valence-corrected chi connectivity index (χ1v) is 9.64. The molecule has 0 atom stereocenters. The van der Waals surface area contributed by atoms with E-state index in [1.54, 1.807) is 16.7 Å². The third-order valence-electron chi connectivity index (χ3n) is 4.54. The molecule has 5 heteroatoms. The van der Waals surface area contributed by atoms with Crippen molar-refractivity contribution in [2.24, 2.45) is 4.99 Å². The molecule has 0 saturated heterocycles. The molecule has 0 spiro atoms. The number of hydrogen-bond acceptors (Lipinski definition) is 4. The zero-order valence-electron chi connectivity index (χ0n) is 14.9. The smallest absolute Gasteiger partial charge is 0.295 e. The molecular formula is C21H20N2O2S. The van der Waals surface area contributed by atoms with Gasteiger partial charge in [-0.1, -0.05) is 53.7 Å². The highest BCUT2D eigenvalue weighted by Gasteiger charge is 2.27. The summed E-state index contributed by atoms with van der Waals surface area (Å²) in [5.41, 5.74) is 4.52. The molecule has 2 heterocycles. The largest absolute Gasteiger partial charge is 0.451 e. The van der Waals surface area contributed by atoms with E-state index in [4.69, 9.17) is 4.42 Å². The first-order chi connectivity index (χ1) is 12.6. The van der Waals surface area contributed by atoms with Gasteiger partial charge in [-0.3, -0.25) is 14.7 Å². The maximum absolute atomic E-state index is 12.9. The Morgan fingerprint density at radius 3 is 2.88 bits per heavy atom. The summed E-state index contributed by atoms with van der Waals surface area (Å²) in [7, 11) is 0. The van der Waals surface area contributed by atoms with Gasteiger partial charge in [0.1, 0.15) is 5.58 Å². The third kappa shape index (κ3) is 3.27. The van der Waals surface area contributed by atoms with E-state index in [-0.39, 0.29) is 5.91 Å². The molecule has 4 nitrogen and oxygen atoms in total. The molecule has 0 N–H and O–H groups in total. The number of aliphatic imine (C=N–C) groups is 1. The molecule has 0 radical (unpaired) electrons. The topological polar surface area (TPSA) is 45.8 Å². The fourth-order valence-corrected chi connectivity index (χ4v) is 4.17. The van der Waals surface area contributed by atoms with Crippen molar-refractivity contribution >= 4 is 33.8 Å². The highest BCUT2D eigenvalue weighted by molar-refractivity contribution is 8.13. The van der Waals surface area contributed by atoms with Crippen molar-refractivity contribution in [3.8, 4) is 0 Å². The van der Waals surface area contributed by atoms with Crippen LogP contribution in [0.5, 0.6) is 0 Å². The van der Waals surface area contributed by atoms with Crippen LogP contribution >= 0.6 is 11.8 Å². The van der Waals surface area contributed by atoms with Crippen molar-refractivity contribution in [2.75, 3.05) is 13.1 Å². The van der Waals surface area contributed by atoms with Gasteiger partial charge in [0.05, 0.1) is 6.54 Å². The van der Waals surface area contributed by atoms with Crippen LogP contribution in [-0.2, 0) is 5.75 Å². The van der Waals surface area contributed by atoms with Crippen molar-refractivity contribution in [3.05, 3.63) is 71.0 Å². The molecule has 0 aliphatic carbocycles. The molecule has 0 saturated carbocycles. The average Bonchev–Trinajstić information content (AvgIpc) is 3.28. The summed E-state index contributed by atoms with van der Waals surface area (Å²) in [5.74, 6) is 1.05. The molecule has 1 aliphatic rings. The summed E-state index contributed by atoms with van der Waals surface area (Å²) in [6, 6.07) is 15.9. The standard InChI is InChI=1S/C21H20N2O2S/c1-14-7-8-15(2)17(11-14)13-26-21-22-9-10-23(21)20(24)19-12-16-5-3-4-6-18(16)25-19/h3-8,11-12H,9-10,13H2,1-2H3. The molecule has 1 aromatic heterocycles. The van der Waals surface area contributed by atoms with Gasteiger partial charge in [0, 0.05) is 17.7 Å². The van der Waals surface area contributed by atoms with Gasteiger partial charge in [0.2, 0.25) is 0 Å². The van der Waals surface area contributed by atoms with Crippen LogP contribution in [0.4, 0.5) is 0 Å². The number of carbonyl (C=O) groups is 1. The molecule has 26 heavy (non-hydrogen) atoms. The Labute approximate surface area is 156 Å². The van der Waals surface area contributed by atoms with Crippen molar-refractivity contribution in [1.82, 2.24) is 4.90 Å². The number of benzene rings is 2. The Morgan fingerprint density at radius 1 is 1.19 bits per heavy atom. The maximum atomic E-state index is 12.9. The number of nitrogens with zero attached hydrogens (tertiary/aromatic N) is 2. The number of amidine groups is 1. The van der Waals surface area contributed by atoms with Crippen molar-refractivity contribution in [2.45, 2.75) is 19.6 Å². The minimum Gasteiger partial charge on any atom is -0.451 e. The van der Waals surface area contributed by atoms with Gasteiger partial charge in [0.15, 0.2) is 10.9 Å². The van der Waals surface area contributed by atoms with E-state index >= 15 is 0 Å². The van der Waals surface area contributed by atoms with Gasteiger partial charge in [-0.15, -0.1) is 0 Å². The van der Waals surface area contributed by atoms with Crippen LogP contribution in [0.2, 0.25) is 0 Å². The van der Waals surface area contributed by atoms with Crippen LogP contribution in [0.15, 0.2) is 57.9 Å². The second kappa shape index (κ2) is 7.00. The number of carbonyl (C=O) groups excluding carboxylic acids is 1. The van der Waals surface area contributed by atoms with Crippen LogP contribution in [0.3, 0.4) is 0 Å². The molecule has 0 unspecified atom stereocenters. The van der Waals surface area contributed by atoms with Crippen molar-refractivity contribution in [3.63, 3.8) is 0 Å². The number of hydrogen-bond donors (Lipinski definition) is 0. The number of furan rings is 1. The van der Waals surface area contributed by atoms with E-state index in [9.17, 15) is 4.79 Å². The number of para-hydroxylation sites is 1. The lowest BCUT2D eigenvalue weighted by Crippen LogP contribution is -2.32. The lowest BCUT2D eigenvalue weighted by Gasteiger charge is -2.17. The van der Waals surface area contributed by atoms with Gasteiger partial charge >= 0.3 is 0 Å². The zero-order chi connectivity index (χ0) is 18.1. The maximum Gasteiger partial charge on any atom is 0.295 e. The Hall–Kier alpha value is -2.53. The van der Waals surface area contributed by atoms with Crippen LogP contribution < -0.4 is 0 Å². The van der Waals surface area contributed by atoms with Crippen LogP contribution in [0, 0.1) is 13.8 Å². The van der Waals surface area contributed by atoms with E-state index < -0.39 is 0 Å². The van der Waals surface area contributed by atoms with Crippen LogP contribution in [0.25, 0.3) is 11.0 Å². The second-order valence-electron chi connectivity index (χ2n) is 6.49. The Bertz CT molecular complexity index is 973. The summed E-state index contributed by atoms with van der Waals surface area (Å²) < 4.78 is 5.73. The van der Waals surface area contributed by atoms with Crippen LogP contribution in [-0.4, -0.2) is 29.1 Å². The molecular weight excluding hydrogens is 344 g/mol. The predicted octanol–water partition coefficient (Wildman–Crippen LogP) is 4.79. The first kappa shape index (κ1) is 16.9. The van der Waals surface area contributed by atoms with Gasteiger partial charge in [0.25, 0.3) is 5.91 Å². The minimum absolute atomic E-state index is 0.120. The van der Waals surface area contributed by atoms with Gasteiger partial charge in [-0.05, 0) is 37.1 Å². The normalized spacial score (nSPS) is 14.1. The lowest BCUT2D eigenvalue weighted by atomic mass is 10.1. The Kier molecular flexibility index (Phi) is 4.55. The lowest BCUT2D eigenvalue weighted by molar-refractivity contribution is 0.0833. The highest BCUT2D eigenvalue weighted by Crippen LogP contribution is 2.25. The number of aryl methyl sites for hydroxylation is 2. The first-order valence-electron chi connectivity index (χ1n) is 8.65. The molecule has 0 bridgehead atoms. The number of rotatable bonds is 3. The zero-order valence-corrected chi connectivity index (χ0v) is 15.7. The number of amides is 1. The van der Waals surface area contributed by atoms with Crippen molar-refractivity contribution < 1.29 is 9.21 Å². The summed E-state index contributed by atoms with van der Waals surface area (Å²) in [6.45, 7) is 5.45. The predicted molar refractivity (Wildman–Crippen MR) is 107 cm³/mol. The van der Waals surface area contributed by atoms with Gasteiger partial charge in [-0.25, -0.2) is 0 Å². The van der Waals surface area contributed by atoms with E-state index in [0.717, 1.165) is 21.9 Å². The van der Waals surface area contributed by atoms with E-state index in [0.29, 0.717) is 18.8 Å². The number of thioether (sulfide) groups is 1. The van der Waals surface area contributed by atoms with E-state index in [1.807, 2.05) is 30.3 Å². The summed E-state index contributed by atoms with van der Waals surface area (Å²) >= 11 is 1.61. The molecule has 132 valence electrons. The minimum atomic E-state index is -0.120. The Balaban J connectivity index is 1.50. The molecule has 3 aromatic rings. The number of fused-ring (bicyclic) bond motifs is 1. The SMILES string of the molecule is Cc1ccc(C)c(CSC2=NCCN2C(=O)c2cc3ccccc3o2)c1. The van der Waals surface area contributed by atoms with Gasteiger partial charge in [-0.2, -0.15) is 0 Å². The summed E-state index contributed by atoms with van der Waals surface area (Å²) in [6.07, 6.45) is 0. The van der Waals surface area contributed by atoms with Crippen LogP contribution in [0.1, 0.15) is 27.2 Å². The molecule has 0 fully saturated rings. The van der Waals surface area contributed by atoms with Gasteiger partial charge < -0.3 is 4.42 Å². The molecule has 1 amide bonds. The molecule has 4 rings (SSSR count). The third-order valence-corrected chi connectivity index (χ3v) is 5.61. The molecule has 2 aromatic carbocycles. The fraction of sp³-hybridized carbons (Fsp3) is 0.238. The van der Waals surface area contributed by atoms with E-state index in [1.165, 1.54) is 16.7 Å². The molecule has 1 aliphatic heterocycles. The average molecular weight is 364 g/mol. The fourth-order valence-electron chi connectivity index (χ4n) is 3.06. The Morgan fingerprint density at radius 2 is 2.04 bits per heavy atom. The quantitative estimate of drug-likeness (QED) is 0.671. The van der Waals surface area contributed by atoms with Crippen molar-refractivity contribution in [1.29, 1.82) is 0 Å². The summed E-state index contributed by atoms with van der Waals surface area (Å²) in [4.78, 5) is 19.2. The highest BCUT2D eigenvalue weighted by atomic mass is 32.2. The second-order valence-corrected chi connectivity index (χ2v) is 7.43. The monoisotopic (exact) mass is 364 g/mol. The van der Waals surface area contributed by atoms with E-state index in [2.05, 4.69) is 37.0 Å². The summed E-state index contributed by atoms with van der Waals surface area (Å²) in [5, 5.41) is 1.72.